The second-order valence-electron chi connectivity index (χ2n) is 10.8. The van der Waals surface area contributed by atoms with E-state index < -0.39 is 14.7 Å². The summed E-state index contributed by atoms with van der Waals surface area (Å²) in [4.78, 5) is 23.3. The average molecular weight is 571 g/mol. The third kappa shape index (κ3) is 21.2. The minimum atomic E-state index is -2.03. The molecule has 1 rings (SSSR count). The van der Waals surface area contributed by atoms with Crippen LogP contribution in [0.5, 0.6) is 5.75 Å². The maximum absolute atomic E-state index is 12.1. The Hall–Kier alpha value is -1.24. The lowest BCUT2D eigenvalue weighted by atomic mass is 10.0. The molecule has 0 aliphatic heterocycles. The molecule has 0 saturated heterocycles. The Kier molecular flexibility index (Phi) is 22.5. The van der Waals surface area contributed by atoms with E-state index in [1.807, 2.05) is 33.2 Å². The quantitative estimate of drug-likeness (QED) is 0.0761. The molecule has 0 aliphatic carbocycles. The van der Waals surface area contributed by atoms with Gasteiger partial charge in [-0.15, -0.1) is 0 Å². The van der Waals surface area contributed by atoms with Crippen LogP contribution >= 0.6 is 8.60 Å². The van der Waals surface area contributed by atoms with Gasteiger partial charge in [0, 0.05) is 6.42 Å². The molecule has 0 radical (unpaired) electrons. The summed E-state index contributed by atoms with van der Waals surface area (Å²) in [5.74, 6) is 0.453. The van der Waals surface area contributed by atoms with Crippen molar-refractivity contribution < 1.29 is 33.1 Å². The number of esters is 1. The number of hydrogen-bond donors (Lipinski definition) is 2. The smallest absolute Gasteiger partial charge is 0.330 e. The highest BCUT2D eigenvalue weighted by Gasteiger charge is 2.19. The van der Waals surface area contributed by atoms with Crippen LogP contribution in [0.15, 0.2) is 24.3 Å². The van der Waals surface area contributed by atoms with Crippen LogP contribution < -0.4 is 9.64 Å². The number of benzene rings is 1. The van der Waals surface area contributed by atoms with E-state index in [1.54, 1.807) is 0 Å². The molecule has 0 aromatic heterocycles. The number of carbonyl (C=O) groups excluding carboxylic acids is 1. The van der Waals surface area contributed by atoms with Gasteiger partial charge in [0.25, 0.3) is 0 Å². The Morgan fingerprint density at radius 2 is 1.51 bits per heavy atom. The fraction of sp³-hybridized carbons (Fsp3) is 0.774. The summed E-state index contributed by atoms with van der Waals surface area (Å²) < 4.78 is 22.3. The number of nitrogens with one attached hydrogen (secondary N) is 1. The second kappa shape index (κ2) is 24.5. The predicted molar refractivity (Wildman–Crippen MR) is 160 cm³/mol. The number of rotatable bonds is 26. The van der Waals surface area contributed by atoms with Gasteiger partial charge >= 0.3 is 14.6 Å². The first-order chi connectivity index (χ1) is 18.9. The summed E-state index contributed by atoms with van der Waals surface area (Å²) in [6, 6.07) is 8.13. The number of quaternary nitrogens is 1. The molecule has 0 heterocycles. The summed E-state index contributed by atoms with van der Waals surface area (Å²) >= 11 is 0. The topological polar surface area (TPSA) is 78.7 Å². The van der Waals surface area contributed by atoms with Gasteiger partial charge in [0.1, 0.15) is 25.5 Å². The third-order valence-electron chi connectivity index (χ3n) is 6.58. The maximum Gasteiger partial charge on any atom is 0.330 e. The normalized spacial score (nSPS) is 13.0. The summed E-state index contributed by atoms with van der Waals surface area (Å²) in [6.45, 7) is 5.53. The highest BCUT2D eigenvalue weighted by molar-refractivity contribution is 7.40. The summed E-state index contributed by atoms with van der Waals surface area (Å²) in [7, 11) is 2.00. The number of likely N-dealkylation sites (N-methyl/N-ethyl adjacent to an activating group) is 1. The van der Waals surface area contributed by atoms with Gasteiger partial charge in [0.05, 0.1) is 20.7 Å². The van der Waals surface area contributed by atoms with Crippen molar-refractivity contribution in [2.24, 2.45) is 0 Å². The van der Waals surface area contributed by atoms with Gasteiger partial charge in [0.2, 0.25) is 0 Å². The highest BCUT2D eigenvalue weighted by Crippen LogP contribution is 2.32. The SMILES string of the molecule is CCCCCCCCCCCCCCc1cccc(OCC(COP(O)OCC[NH+](C)C)OC(=O)CCC)c1. The molecule has 1 aromatic carbocycles. The van der Waals surface area contributed by atoms with Crippen LogP contribution in [-0.4, -0.2) is 57.4 Å². The molecule has 0 aliphatic rings. The predicted octanol–water partition coefficient (Wildman–Crippen LogP) is 6.42. The molecule has 7 nitrogen and oxygen atoms in total. The fourth-order valence-corrected chi connectivity index (χ4v) is 4.84. The van der Waals surface area contributed by atoms with E-state index in [2.05, 4.69) is 19.1 Å². The van der Waals surface area contributed by atoms with Crippen molar-refractivity contribution >= 4 is 14.6 Å². The Morgan fingerprint density at radius 1 is 0.872 bits per heavy atom. The van der Waals surface area contributed by atoms with Crippen LogP contribution in [0.25, 0.3) is 0 Å². The number of unbranched alkanes of at least 4 members (excludes halogenated alkanes) is 11. The van der Waals surface area contributed by atoms with Crippen molar-refractivity contribution in [1.82, 2.24) is 0 Å². The van der Waals surface area contributed by atoms with Gasteiger partial charge in [-0.25, -0.2) is 0 Å². The van der Waals surface area contributed by atoms with E-state index in [1.165, 1.54) is 87.5 Å². The zero-order chi connectivity index (χ0) is 28.6. The van der Waals surface area contributed by atoms with E-state index in [-0.39, 0.29) is 19.2 Å². The molecule has 2 N–H and O–H groups in total. The zero-order valence-electron chi connectivity index (χ0n) is 25.3. The van der Waals surface area contributed by atoms with Crippen LogP contribution in [0.3, 0.4) is 0 Å². The molecular weight excluding hydrogens is 513 g/mol. The van der Waals surface area contributed by atoms with Gasteiger partial charge in [-0.1, -0.05) is 96.6 Å². The molecule has 2 unspecified atom stereocenters. The molecular formula is C31H57NO6P+. The molecule has 1 aromatic rings. The number of ether oxygens (including phenoxy) is 2. The lowest BCUT2D eigenvalue weighted by Gasteiger charge is -2.20. The standard InChI is InChI=1S/C31H56NO6P/c1-5-7-8-9-10-11-12-13-14-15-16-17-20-28-21-18-22-29(25-28)35-26-30(38-31(33)19-6-2)27-37-39(34)36-24-23-32(3)4/h18,21-22,25,30,34H,5-17,19-20,23-24,26-27H2,1-4H3/p+1. The van der Waals surface area contributed by atoms with E-state index in [9.17, 15) is 9.69 Å². The van der Waals surface area contributed by atoms with Gasteiger partial charge in [-0.2, -0.15) is 0 Å². The van der Waals surface area contributed by atoms with Gasteiger partial charge < -0.3 is 28.3 Å². The first-order valence-electron chi connectivity index (χ1n) is 15.4. The van der Waals surface area contributed by atoms with Crippen LogP contribution in [-0.2, 0) is 25.0 Å². The first kappa shape index (κ1) is 35.8. The third-order valence-corrected chi connectivity index (χ3v) is 7.35. The lowest BCUT2D eigenvalue weighted by molar-refractivity contribution is -0.858. The van der Waals surface area contributed by atoms with Crippen molar-refractivity contribution in [3.63, 3.8) is 0 Å². The minimum absolute atomic E-state index is 0.0189. The highest BCUT2D eigenvalue weighted by atomic mass is 31.2. The minimum Gasteiger partial charge on any atom is -0.490 e. The average Bonchev–Trinajstić information content (AvgIpc) is 2.91. The van der Waals surface area contributed by atoms with Gasteiger partial charge in [0.15, 0.2) is 6.10 Å². The Bertz CT molecular complexity index is 720. The van der Waals surface area contributed by atoms with Crippen molar-refractivity contribution in [1.29, 1.82) is 0 Å². The molecule has 0 bridgehead atoms. The Morgan fingerprint density at radius 3 is 2.13 bits per heavy atom. The van der Waals surface area contributed by atoms with Crippen molar-refractivity contribution in [2.75, 3.05) is 40.5 Å². The molecule has 0 amide bonds. The molecule has 226 valence electrons. The number of carbonyl (C=O) groups is 1. The van der Waals surface area contributed by atoms with E-state index >= 15 is 0 Å². The molecule has 8 heteroatoms. The van der Waals surface area contributed by atoms with Gasteiger partial charge in [-0.05, 0) is 37.0 Å². The largest absolute Gasteiger partial charge is 0.490 e. The monoisotopic (exact) mass is 570 g/mol. The molecule has 39 heavy (non-hydrogen) atoms. The molecule has 0 spiro atoms. The summed E-state index contributed by atoms with van der Waals surface area (Å²) in [6.07, 6.45) is 17.6. The number of aryl methyl sites for hydroxylation is 1. The second-order valence-corrected chi connectivity index (χ2v) is 11.8. The number of hydrogen-bond acceptors (Lipinski definition) is 6. The van der Waals surface area contributed by atoms with E-state index in [4.69, 9.17) is 18.5 Å². The molecule has 0 saturated carbocycles. The fourth-order valence-electron chi connectivity index (χ4n) is 4.23. The first-order valence-corrected chi connectivity index (χ1v) is 16.5. The Balaban J connectivity index is 2.33. The molecule has 0 fully saturated rings. The van der Waals surface area contributed by atoms with Crippen molar-refractivity contribution in [2.45, 2.75) is 116 Å². The van der Waals surface area contributed by atoms with Crippen LogP contribution in [0.1, 0.15) is 109 Å². The summed E-state index contributed by atoms with van der Waals surface area (Å²) in [5.41, 5.74) is 1.26. The van der Waals surface area contributed by atoms with Gasteiger partial charge in [-0.3, -0.25) is 4.79 Å². The zero-order valence-corrected chi connectivity index (χ0v) is 26.2. The Labute approximate surface area is 239 Å². The lowest BCUT2D eigenvalue weighted by Crippen LogP contribution is -3.06. The molecule has 2 atom stereocenters. The van der Waals surface area contributed by atoms with Crippen LogP contribution in [0.2, 0.25) is 0 Å². The van der Waals surface area contributed by atoms with E-state index in [0.29, 0.717) is 19.4 Å². The van der Waals surface area contributed by atoms with Crippen molar-refractivity contribution in [3.8, 4) is 5.75 Å². The van der Waals surface area contributed by atoms with Crippen LogP contribution in [0.4, 0.5) is 0 Å². The van der Waals surface area contributed by atoms with E-state index in [0.717, 1.165) is 18.7 Å². The maximum atomic E-state index is 12.1. The van der Waals surface area contributed by atoms with Crippen molar-refractivity contribution in [3.05, 3.63) is 29.8 Å². The van der Waals surface area contributed by atoms with Crippen LogP contribution in [0, 0.1) is 0 Å². The summed E-state index contributed by atoms with van der Waals surface area (Å²) in [5, 5.41) is 0.